The average molecular weight is 384 g/mol. The van der Waals surface area contributed by atoms with Crippen LogP contribution in [0.4, 0.5) is 5.69 Å². The first-order valence-corrected chi connectivity index (χ1v) is 7.35. The summed E-state index contributed by atoms with van der Waals surface area (Å²) in [4.78, 5) is 16.4. The minimum Gasteiger partial charge on any atom is -0.319 e. The highest BCUT2D eigenvalue weighted by Crippen LogP contribution is 2.19. The molecule has 2 N–H and O–H groups in total. The molecule has 0 saturated carbocycles. The number of aromatic nitrogens is 3. The summed E-state index contributed by atoms with van der Waals surface area (Å²) in [6.45, 7) is 7.99. The van der Waals surface area contributed by atoms with Gasteiger partial charge in [0.25, 0.3) is 5.91 Å². The van der Waals surface area contributed by atoms with Crippen molar-refractivity contribution in [3.05, 3.63) is 39.0 Å². The van der Waals surface area contributed by atoms with Gasteiger partial charge in [-0.25, -0.2) is 4.98 Å². The summed E-state index contributed by atoms with van der Waals surface area (Å²) in [6.07, 6.45) is 0. The first-order valence-electron chi connectivity index (χ1n) is 6.28. The molecular weight excluding hydrogens is 367 g/mol. The van der Waals surface area contributed by atoms with Gasteiger partial charge in [-0.05, 0) is 53.3 Å². The lowest BCUT2D eigenvalue weighted by atomic mass is 9.96. The summed E-state index contributed by atoms with van der Waals surface area (Å²) in [5, 5.41) is 9.62. The van der Waals surface area contributed by atoms with Gasteiger partial charge in [-0.3, -0.25) is 9.89 Å². The molecule has 2 aromatic rings. The van der Waals surface area contributed by atoms with Crippen molar-refractivity contribution in [3.8, 4) is 0 Å². The normalized spacial score (nSPS) is 11.4. The second-order valence-corrected chi connectivity index (χ2v) is 6.92. The summed E-state index contributed by atoms with van der Waals surface area (Å²) in [5.41, 5.74) is 1.62. The second-order valence-electron chi connectivity index (χ2n) is 5.67. The molecule has 5 nitrogen and oxygen atoms in total. The molecule has 0 fully saturated rings. The average Bonchev–Trinajstić information content (AvgIpc) is 2.82. The SMILES string of the molecule is Cc1cc(I)ccc1NC(=O)c1n[nH]c(C(C)(C)C)n1. The predicted octanol–water partition coefficient (Wildman–Crippen LogP) is 3.27. The van der Waals surface area contributed by atoms with Crippen molar-refractivity contribution >= 4 is 34.2 Å². The third kappa shape index (κ3) is 3.36. The molecule has 1 amide bonds. The number of amides is 1. The number of aromatic amines is 1. The Hall–Kier alpha value is -1.44. The second kappa shape index (κ2) is 5.51. The zero-order chi connectivity index (χ0) is 14.9. The zero-order valence-corrected chi connectivity index (χ0v) is 14.1. The number of carbonyl (C=O) groups excluding carboxylic acids is 1. The maximum atomic E-state index is 12.1. The molecule has 1 aromatic heterocycles. The molecule has 0 atom stereocenters. The molecule has 106 valence electrons. The highest BCUT2D eigenvalue weighted by molar-refractivity contribution is 14.1. The number of hydrogen-bond donors (Lipinski definition) is 2. The molecule has 6 heteroatoms. The molecule has 0 bridgehead atoms. The van der Waals surface area contributed by atoms with Gasteiger partial charge >= 0.3 is 0 Å². The number of rotatable bonds is 2. The van der Waals surface area contributed by atoms with Crippen LogP contribution in [0.15, 0.2) is 18.2 Å². The molecule has 0 saturated heterocycles. The summed E-state index contributed by atoms with van der Waals surface area (Å²) in [7, 11) is 0. The van der Waals surface area contributed by atoms with Crippen molar-refractivity contribution < 1.29 is 4.79 Å². The van der Waals surface area contributed by atoms with E-state index in [2.05, 4.69) is 43.1 Å². The quantitative estimate of drug-likeness (QED) is 0.781. The van der Waals surface area contributed by atoms with Crippen molar-refractivity contribution in [1.29, 1.82) is 0 Å². The lowest BCUT2D eigenvalue weighted by molar-refractivity contribution is 0.101. The number of halogens is 1. The van der Waals surface area contributed by atoms with Crippen LogP contribution in [0.3, 0.4) is 0 Å². The number of H-pyrrole nitrogens is 1. The predicted molar refractivity (Wildman–Crippen MR) is 86.9 cm³/mol. The topological polar surface area (TPSA) is 70.7 Å². The third-order valence-electron chi connectivity index (χ3n) is 2.84. The molecule has 0 aliphatic carbocycles. The van der Waals surface area contributed by atoms with Crippen molar-refractivity contribution in [2.24, 2.45) is 0 Å². The van der Waals surface area contributed by atoms with Gasteiger partial charge in [-0.15, -0.1) is 5.10 Å². The molecule has 0 unspecified atom stereocenters. The summed E-state index contributed by atoms with van der Waals surface area (Å²) < 4.78 is 1.13. The van der Waals surface area contributed by atoms with E-state index in [4.69, 9.17) is 0 Å². The number of anilines is 1. The van der Waals surface area contributed by atoms with Crippen molar-refractivity contribution in [1.82, 2.24) is 15.2 Å². The third-order valence-corrected chi connectivity index (χ3v) is 3.51. The van der Waals surface area contributed by atoms with Crippen LogP contribution in [0.25, 0.3) is 0 Å². The van der Waals surface area contributed by atoms with Gasteiger partial charge in [-0.1, -0.05) is 20.8 Å². The molecule has 0 spiro atoms. The Balaban J connectivity index is 2.18. The molecule has 1 aromatic carbocycles. The van der Waals surface area contributed by atoms with Crippen LogP contribution in [0.2, 0.25) is 0 Å². The smallest absolute Gasteiger partial charge is 0.295 e. The number of carbonyl (C=O) groups is 1. The minimum absolute atomic E-state index is 0.160. The van der Waals surface area contributed by atoms with Gasteiger partial charge in [0.15, 0.2) is 0 Å². The molecule has 1 heterocycles. The van der Waals surface area contributed by atoms with E-state index in [1.807, 2.05) is 45.9 Å². The van der Waals surface area contributed by atoms with Gasteiger partial charge in [0, 0.05) is 14.7 Å². The standard InChI is InChI=1S/C14H17IN4O/c1-8-7-9(15)5-6-10(8)16-12(20)11-17-13(19-18-11)14(2,3)4/h5-7H,1-4H3,(H,16,20)(H,17,18,19). The van der Waals surface area contributed by atoms with Gasteiger partial charge in [0.05, 0.1) is 0 Å². The Kier molecular flexibility index (Phi) is 4.12. The van der Waals surface area contributed by atoms with Crippen molar-refractivity contribution in [2.75, 3.05) is 5.32 Å². The molecule has 2 rings (SSSR count). The van der Waals surface area contributed by atoms with E-state index >= 15 is 0 Å². The zero-order valence-electron chi connectivity index (χ0n) is 11.9. The highest BCUT2D eigenvalue weighted by Gasteiger charge is 2.21. The van der Waals surface area contributed by atoms with Gasteiger partial charge in [0.1, 0.15) is 5.82 Å². The maximum absolute atomic E-state index is 12.1. The van der Waals surface area contributed by atoms with Crippen LogP contribution >= 0.6 is 22.6 Å². The Morgan fingerprint density at radius 1 is 1.35 bits per heavy atom. The van der Waals surface area contributed by atoms with E-state index in [1.54, 1.807) is 0 Å². The van der Waals surface area contributed by atoms with Crippen LogP contribution in [0.1, 0.15) is 42.8 Å². The first-order chi connectivity index (χ1) is 9.27. The number of nitrogens with zero attached hydrogens (tertiary/aromatic N) is 2. The Morgan fingerprint density at radius 2 is 2.05 bits per heavy atom. The van der Waals surface area contributed by atoms with Crippen LogP contribution in [0, 0.1) is 10.5 Å². The van der Waals surface area contributed by atoms with E-state index in [-0.39, 0.29) is 17.1 Å². The molecular formula is C14H17IN4O. The van der Waals surface area contributed by atoms with Crippen molar-refractivity contribution in [2.45, 2.75) is 33.1 Å². The molecule has 0 radical (unpaired) electrons. The Bertz CT molecular complexity index is 643. The summed E-state index contributed by atoms with van der Waals surface area (Å²) in [6, 6.07) is 5.84. The summed E-state index contributed by atoms with van der Waals surface area (Å²) in [5.74, 6) is 0.552. The molecule has 0 aliphatic heterocycles. The first kappa shape index (κ1) is 15.0. The fraction of sp³-hybridized carbons (Fsp3) is 0.357. The van der Waals surface area contributed by atoms with Gasteiger partial charge in [0.2, 0.25) is 5.82 Å². The number of nitrogens with one attached hydrogen (secondary N) is 2. The van der Waals surface area contributed by atoms with Crippen LogP contribution in [-0.4, -0.2) is 21.1 Å². The van der Waals surface area contributed by atoms with Gasteiger partial charge in [-0.2, -0.15) is 0 Å². The monoisotopic (exact) mass is 384 g/mol. The van der Waals surface area contributed by atoms with Crippen molar-refractivity contribution in [3.63, 3.8) is 0 Å². The van der Waals surface area contributed by atoms with Crippen LogP contribution < -0.4 is 5.32 Å². The minimum atomic E-state index is -0.305. The lowest BCUT2D eigenvalue weighted by Crippen LogP contribution is -2.16. The number of hydrogen-bond acceptors (Lipinski definition) is 3. The van der Waals surface area contributed by atoms with E-state index in [1.165, 1.54) is 0 Å². The van der Waals surface area contributed by atoms with E-state index < -0.39 is 0 Å². The van der Waals surface area contributed by atoms with Crippen LogP contribution in [0.5, 0.6) is 0 Å². The van der Waals surface area contributed by atoms with E-state index in [0.717, 1.165) is 14.8 Å². The fourth-order valence-corrected chi connectivity index (χ4v) is 2.29. The Morgan fingerprint density at radius 3 is 2.60 bits per heavy atom. The number of benzene rings is 1. The summed E-state index contributed by atoms with van der Waals surface area (Å²) >= 11 is 2.24. The van der Waals surface area contributed by atoms with Crippen LogP contribution in [-0.2, 0) is 5.41 Å². The molecule has 0 aliphatic rings. The molecule has 20 heavy (non-hydrogen) atoms. The van der Waals surface area contributed by atoms with E-state index in [9.17, 15) is 4.79 Å². The largest absolute Gasteiger partial charge is 0.319 e. The lowest BCUT2D eigenvalue weighted by Gasteiger charge is -2.12. The van der Waals surface area contributed by atoms with Gasteiger partial charge < -0.3 is 5.32 Å². The fourth-order valence-electron chi connectivity index (χ4n) is 1.64. The maximum Gasteiger partial charge on any atom is 0.295 e. The van der Waals surface area contributed by atoms with E-state index in [0.29, 0.717) is 5.82 Å². The highest BCUT2D eigenvalue weighted by atomic mass is 127. The Labute approximate surface area is 131 Å². The number of aryl methyl sites for hydroxylation is 1.